The molecule has 0 N–H and O–H groups in total. The van der Waals surface area contributed by atoms with E-state index < -0.39 is 6.11 Å². The van der Waals surface area contributed by atoms with Gasteiger partial charge in [0.25, 0.3) is 5.91 Å². The predicted octanol–water partition coefficient (Wildman–Crippen LogP) is 4.56. The van der Waals surface area contributed by atoms with Gasteiger partial charge in [-0.3, -0.25) is 4.79 Å². The van der Waals surface area contributed by atoms with Gasteiger partial charge in [0.2, 0.25) is 0 Å². The number of alkyl halides is 2. The van der Waals surface area contributed by atoms with Gasteiger partial charge in [-0.1, -0.05) is 18.2 Å². The number of benzene rings is 2. The smallest absolute Gasteiger partial charge is 0.394 e. The van der Waals surface area contributed by atoms with Gasteiger partial charge in [-0.2, -0.15) is 8.78 Å². The maximum atomic E-state index is 13.1. The molecular weight excluding hydrogens is 402 g/mol. The van der Waals surface area contributed by atoms with Crippen molar-refractivity contribution < 1.29 is 23.0 Å². The van der Waals surface area contributed by atoms with Crippen molar-refractivity contribution in [2.24, 2.45) is 0 Å². The minimum Gasteiger partial charge on any atom is -0.496 e. The van der Waals surface area contributed by atoms with Gasteiger partial charge in [0, 0.05) is 33.1 Å². The lowest BCUT2D eigenvalue weighted by atomic mass is 9.95. The number of carbonyl (C=O) groups excluding carboxylic acids is 1. The van der Waals surface area contributed by atoms with Crippen LogP contribution in [-0.2, 0) is 13.1 Å². The Morgan fingerprint density at radius 2 is 1.90 bits per heavy atom. The van der Waals surface area contributed by atoms with Crippen LogP contribution in [0.1, 0.15) is 40.4 Å². The van der Waals surface area contributed by atoms with Crippen LogP contribution in [0.4, 0.5) is 8.78 Å². The Labute approximate surface area is 180 Å². The average Bonchev–Trinajstić information content (AvgIpc) is 3.03. The highest BCUT2D eigenvalue weighted by molar-refractivity contribution is 6.01. The van der Waals surface area contributed by atoms with Crippen LogP contribution in [0.3, 0.4) is 0 Å². The summed E-state index contributed by atoms with van der Waals surface area (Å²) in [6, 6.07) is 10.4. The number of hydrogen-bond acceptors (Lipinski definition) is 4. The Bertz CT molecular complexity index is 1010. The molecule has 2 aliphatic rings. The summed E-state index contributed by atoms with van der Waals surface area (Å²) in [5.41, 5.74) is 4.76. The summed E-state index contributed by atoms with van der Waals surface area (Å²) in [4.78, 5) is 17.1. The molecule has 0 saturated heterocycles. The van der Waals surface area contributed by atoms with Crippen molar-refractivity contribution in [1.29, 1.82) is 0 Å². The molecule has 0 radical (unpaired) electrons. The standard InChI is InChI=1S/C24H26F2N2O3/c1-24(25,26)31-20-6-4-16(5-7-20)14-28-15-19-12-18(17-8-10-27(2)11-9-17)13-21(30-3)22(19)23(28)29/h4-8,12-13H,9-11,14-15H2,1-3H3. The first kappa shape index (κ1) is 21.3. The van der Waals surface area contributed by atoms with Crippen LogP contribution >= 0.6 is 0 Å². The number of hydrogen-bond donors (Lipinski definition) is 0. The monoisotopic (exact) mass is 428 g/mol. The number of methoxy groups -OCH3 is 1. The molecule has 0 aromatic heterocycles. The van der Waals surface area contributed by atoms with E-state index in [0.29, 0.717) is 31.3 Å². The molecule has 0 bridgehead atoms. The van der Waals surface area contributed by atoms with Gasteiger partial charge in [0.1, 0.15) is 11.5 Å². The Balaban J connectivity index is 1.53. The highest BCUT2D eigenvalue weighted by atomic mass is 19.3. The third kappa shape index (κ3) is 4.71. The van der Waals surface area contributed by atoms with E-state index in [0.717, 1.165) is 36.2 Å². The molecular formula is C24H26F2N2O3. The summed E-state index contributed by atoms with van der Waals surface area (Å²) in [6.45, 7) is 3.47. The fraction of sp³-hybridized carbons (Fsp3) is 0.375. The van der Waals surface area contributed by atoms with Crippen LogP contribution in [0.5, 0.6) is 11.5 Å². The first-order chi connectivity index (χ1) is 14.7. The normalized spacial score (nSPS) is 16.9. The molecule has 1 amide bonds. The van der Waals surface area contributed by atoms with Crippen molar-refractivity contribution in [3.8, 4) is 11.5 Å². The number of likely N-dealkylation sites (N-methyl/N-ethyl adjacent to an activating group) is 1. The topological polar surface area (TPSA) is 42.0 Å². The number of fused-ring (bicyclic) bond motifs is 1. The second kappa shape index (κ2) is 8.30. The van der Waals surface area contributed by atoms with Gasteiger partial charge in [-0.25, -0.2) is 0 Å². The van der Waals surface area contributed by atoms with Crippen molar-refractivity contribution in [3.63, 3.8) is 0 Å². The van der Waals surface area contributed by atoms with Gasteiger partial charge in [0.15, 0.2) is 0 Å². The molecule has 0 unspecified atom stereocenters. The van der Waals surface area contributed by atoms with Crippen molar-refractivity contribution in [2.75, 3.05) is 27.2 Å². The quantitative estimate of drug-likeness (QED) is 0.677. The predicted molar refractivity (Wildman–Crippen MR) is 114 cm³/mol. The van der Waals surface area contributed by atoms with Crippen LogP contribution < -0.4 is 9.47 Å². The molecule has 0 fully saturated rings. The molecule has 2 aliphatic heterocycles. The average molecular weight is 428 g/mol. The van der Waals surface area contributed by atoms with Crippen molar-refractivity contribution in [3.05, 3.63) is 64.7 Å². The largest absolute Gasteiger partial charge is 0.496 e. The van der Waals surface area contributed by atoms with Gasteiger partial charge in [0.05, 0.1) is 12.7 Å². The van der Waals surface area contributed by atoms with Crippen LogP contribution in [0.25, 0.3) is 5.57 Å². The summed E-state index contributed by atoms with van der Waals surface area (Å²) in [5.74, 6) is 0.593. The fourth-order valence-electron chi connectivity index (χ4n) is 4.07. The SMILES string of the molecule is COc1cc(C2=CCN(C)CC2)cc2c1C(=O)N(Cc1ccc(OC(C)(F)F)cc1)C2. The van der Waals surface area contributed by atoms with Crippen molar-refractivity contribution >= 4 is 11.5 Å². The van der Waals surface area contributed by atoms with Crippen LogP contribution in [0.2, 0.25) is 0 Å². The Kier molecular flexibility index (Phi) is 5.71. The highest BCUT2D eigenvalue weighted by Gasteiger charge is 2.32. The van der Waals surface area contributed by atoms with E-state index in [2.05, 4.69) is 28.8 Å². The molecule has 31 heavy (non-hydrogen) atoms. The second-order valence-corrected chi connectivity index (χ2v) is 8.17. The zero-order valence-electron chi connectivity index (χ0n) is 18.0. The summed E-state index contributed by atoms with van der Waals surface area (Å²) in [5, 5.41) is 0. The lowest BCUT2D eigenvalue weighted by Crippen LogP contribution is -2.23. The number of halogens is 2. The summed E-state index contributed by atoms with van der Waals surface area (Å²) < 4.78 is 36.1. The lowest BCUT2D eigenvalue weighted by Gasteiger charge is -2.22. The van der Waals surface area contributed by atoms with E-state index in [-0.39, 0.29) is 11.7 Å². The maximum Gasteiger partial charge on any atom is 0.394 e. The summed E-state index contributed by atoms with van der Waals surface area (Å²) in [6.07, 6.45) is -0.0461. The number of rotatable bonds is 6. The molecule has 164 valence electrons. The molecule has 0 aliphatic carbocycles. The van der Waals surface area contributed by atoms with E-state index in [9.17, 15) is 13.6 Å². The summed E-state index contributed by atoms with van der Waals surface area (Å²) in [7, 11) is 3.68. The van der Waals surface area contributed by atoms with Crippen molar-refractivity contribution in [1.82, 2.24) is 9.80 Å². The maximum absolute atomic E-state index is 13.1. The fourth-order valence-corrected chi connectivity index (χ4v) is 4.07. The molecule has 2 aromatic carbocycles. The Morgan fingerprint density at radius 1 is 1.16 bits per heavy atom. The van der Waals surface area contributed by atoms with Gasteiger partial charge < -0.3 is 19.3 Å². The van der Waals surface area contributed by atoms with Gasteiger partial charge in [-0.05, 0) is 60.0 Å². The van der Waals surface area contributed by atoms with E-state index in [1.807, 2.05) is 6.07 Å². The first-order valence-corrected chi connectivity index (χ1v) is 10.3. The lowest BCUT2D eigenvalue weighted by molar-refractivity contribution is -0.158. The van der Waals surface area contributed by atoms with E-state index >= 15 is 0 Å². The van der Waals surface area contributed by atoms with Crippen LogP contribution in [-0.4, -0.2) is 49.1 Å². The van der Waals surface area contributed by atoms with E-state index in [1.54, 1.807) is 24.1 Å². The molecule has 0 spiro atoms. The molecule has 0 atom stereocenters. The van der Waals surface area contributed by atoms with Gasteiger partial charge >= 0.3 is 6.11 Å². The summed E-state index contributed by atoms with van der Waals surface area (Å²) >= 11 is 0. The Hall–Kier alpha value is -2.93. The minimum atomic E-state index is -3.23. The highest BCUT2D eigenvalue weighted by Crippen LogP contribution is 2.36. The molecule has 2 heterocycles. The Morgan fingerprint density at radius 3 is 2.52 bits per heavy atom. The molecule has 2 aromatic rings. The first-order valence-electron chi connectivity index (χ1n) is 10.3. The number of nitrogens with zero attached hydrogens (tertiary/aromatic N) is 2. The van der Waals surface area contributed by atoms with E-state index in [4.69, 9.17) is 4.74 Å². The van der Waals surface area contributed by atoms with Gasteiger partial charge in [-0.15, -0.1) is 0 Å². The molecule has 4 rings (SSSR count). The molecule has 7 heteroatoms. The third-order valence-corrected chi connectivity index (χ3v) is 5.64. The number of ether oxygens (including phenoxy) is 2. The zero-order valence-corrected chi connectivity index (χ0v) is 18.0. The number of amides is 1. The van der Waals surface area contributed by atoms with Crippen molar-refractivity contribution in [2.45, 2.75) is 32.5 Å². The molecule has 0 saturated carbocycles. The van der Waals surface area contributed by atoms with Crippen LogP contribution in [0, 0.1) is 0 Å². The second-order valence-electron chi connectivity index (χ2n) is 8.17. The van der Waals surface area contributed by atoms with E-state index in [1.165, 1.54) is 17.7 Å². The third-order valence-electron chi connectivity index (χ3n) is 5.64. The molecule has 5 nitrogen and oxygen atoms in total. The van der Waals surface area contributed by atoms with Crippen LogP contribution in [0.15, 0.2) is 42.5 Å². The zero-order chi connectivity index (χ0) is 22.2. The minimum absolute atomic E-state index is 0.0869. The number of carbonyl (C=O) groups is 1.